The van der Waals surface area contributed by atoms with Crippen molar-refractivity contribution in [1.82, 2.24) is 4.90 Å². The van der Waals surface area contributed by atoms with Crippen LogP contribution < -0.4 is 4.90 Å². The second kappa shape index (κ2) is 8.90. The van der Waals surface area contributed by atoms with Gasteiger partial charge in [0.2, 0.25) is 0 Å². The highest BCUT2D eigenvalue weighted by Gasteiger charge is 2.44. The quantitative estimate of drug-likeness (QED) is 0.389. The van der Waals surface area contributed by atoms with E-state index in [1.807, 2.05) is 32.0 Å². The topological polar surface area (TPSA) is 95.0 Å². The molecule has 0 aliphatic carbocycles. The lowest BCUT2D eigenvalue weighted by molar-refractivity contribution is 0.0464. The summed E-state index contributed by atoms with van der Waals surface area (Å²) in [6.07, 6.45) is 1.00. The molecule has 1 unspecified atom stereocenters. The Morgan fingerprint density at radius 2 is 1.44 bits per heavy atom. The molecule has 184 valence electrons. The third-order valence-electron chi connectivity index (χ3n) is 7.01. The number of hydrogen-bond acceptors (Lipinski definition) is 5. The average Bonchev–Trinajstić information content (AvgIpc) is 2.85. The summed E-state index contributed by atoms with van der Waals surface area (Å²) in [7, 11) is 0. The smallest absolute Gasteiger partial charge is 0.267 e. The molecule has 2 heterocycles. The summed E-state index contributed by atoms with van der Waals surface area (Å²) in [6, 6.07) is 8.02. The molecule has 5 rings (SSSR count). The lowest BCUT2D eigenvalue weighted by Gasteiger charge is -2.36. The monoisotopic (exact) mass is 612 g/mol. The normalized spacial score (nSPS) is 15.8. The maximum atomic E-state index is 13.9. The average molecular weight is 614 g/mol. The van der Waals surface area contributed by atoms with Gasteiger partial charge in [0.25, 0.3) is 23.6 Å². The van der Waals surface area contributed by atoms with Crippen LogP contribution in [-0.4, -0.2) is 46.3 Å². The number of carbonyl (C=O) groups is 4. The second-order valence-electron chi connectivity index (χ2n) is 8.92. The summed E-state index contributed by atoms with van der Waals surface area (Å²) in [5.41, 5.74) is 3.04. The van der Waals surface area contributed by atoms with Crippen LogP contribution in [0.4, 0.5) is 5.69 Å². The Bertz CT molecular complexity index is 1530. The number of benzene rings is 3. The van der Waals surface area contributed by atoms with Crippen molar-refractivity contribution in [2.24, 2.45) is 0 Å². The molecule has 9 heteroatoms. The lowest BCUT2D eigenvalue weighted by atomic mass is 9.85. The molecule has 2 aliphatic rings. The van der Waals surface area contributed by atoms with Crippen molar-refractivity contribution in [3.05, 3.63) is 72.7 Å². The Morgan fingerprint density at radius 3 is 2.00 bits per heavy atom. The van der Waals surface area contributed by atoms with Crippen molar-refractivity contribution in [2.45, 2.75) is 39.7 Å². The number of aliphatic hydroxyl groups is 1. The van der Waals surface area contributed by atoms with Gasteiger partial charge >= 0.3 is 0 Å². The highest BCUT2D eigenvalue weighted by molar-refractivity contribution is 9.10. The molecule has 0 spiro atoms. The van der Waals surface area contributed by atoms with Gasteiger partial charge in [-0.2, -0.15) is 0 Å². The molecule has 0 bridgehead atoms. The van der Waals surface area contributed by atoms with Crippen molar-refractivity contribution >= 4 is 71.9 Å². The Hall–Kier alpha value is -2.88. The molecule has 1 N–H and O–H groups in total. The molecular weight excluding hydrogens is 592 g/mol. The van der Waals surface area contributed by atoms with Crippen LogP contribution in [0.5, 0.6) is 0 Å². The Morgan fingerprint density at radius 1 is 0.861 bits per heavy atom. The van der Waals surface area contributed by atoms with Crippen LogP contribution in [0.2, 0.25) is 0 Å². The highest BCUT2D eigenvalue weighted by Crippen LogP contribution is 2.45. The van der Waals surface area contributed by atoms with E-state index < -0.39 is 29.7 Å². The first-order chi connectivity index (χ1) is 17.2. The number of carbonyl (C=O) groups excluding carboxylic acids is 4. The van der Waals surface area contributed by atoms with E-state index in [0.717, 1.165) is 16.0 Å². The third-order valence-corrected chi connectivity index (χ3v) is 8.26. The largest absolute Gasteiger partial charge is 0.394 e. The number of aliphatic hydroxyl groups excluding tert-OH is 1. The molecule has 0 radical (unpaired) electrons. The van der Waals surface area contributed by atoms with Crippen LogP contribution in [0, 0.1) is 6.92 Å². The fourth-order valence-electron chi connectivity index (χ4n) is 5.25. The summed E-state index contributed by atoms with van der Waals surface area (Å²) in [5.74, 6) is -2.18. The number of rotatable bonds is 5. The van der Waals surface area contributed by atoms with E-state index in [2.05, 4.69) is 31.9 Å². The molecule has 0 saturated carbocycles. The number of para-hydroxylation sites is 1. The molecule has 0 fully saturated rings. The van der Waals surface area contributed by atoms with Crippen LogP contribution in [0.25, 0.3) is 10.8 Å². The number of anilines is 1. The first-order valence-corrected chi connectivity index (χ1v) is 13.2. The highest BCUT2D eigenvalue weighted by atomic mass is 79.9. The number of aryl methyl sites for hydroxylation is 2. The van der Waals surface area contributed by atoms with E-state index in [9.17, 15) is 24.3 Å². The zero-order chi connectivity index (χ0) is 26.0. The summed E-state index contributed by atoms with van der Waals surface area (Å²) in [5, 5.41) is 10.4. The summed E-state index contributed by atoms with van der Waals surface area (Å²) in [4.78, 5) is 57.2. The summed E-state index contributed by atoms with van der Waals surface area (Å²) < 4.78 is 0.700. The van der Waals surface area contributed by atoms with Crippen LogP contribution in [0.1, 0.15) is 72.8 Å². The number of imide groups is 2. The third kappa shape index (κ3) is 3.26. The Labute approximate surface area is 224 Å². The zero-order valence-corrected chi connectivity index (χ0v) is 23.0. The molecule has 7 nitrogen and oxygen atoms in total. The molecule has 36 heavy (non-hydrogen) atoms. The Balaban J connectivity index is 1.84. The van der Waals surface area contributed by atoms with E-state index in [0.29, 0.717) is 27.5 Å². The molecule has 4 amide bonds. The Kier molecular flexibility index (Phi) is 6.13. The molecular formula is C27H22Br2N2O5. The van der Waals surface area contributed by atoms with E-state index in [4.69, 9.17) is 0 Å². The van der Waals surface area contributed by atoms with Crippen molar-refractivity contribution in [2.75, 3.05) is 11.5 Å². The van der Waals surface area contributed by atoms with E-state index in [-0.39, 0.29) is 39.6 Å². The molecule has 0 saturated heterocycles. The minimum Gasteiger partial charge on any atom is -0.394 e. The minimum absolute atomic E-state index is 0.197. The maximum Gasteiger partial charge on any atom is 0.267 e. The van der Waals surface area contributed by atoms with Crippen molar-refractivity contribution in [3.8, 4) is 0 Å². The standard InChI is InChI=1S/C27H22Br2N2O5/c1-4-13-8-6-7-12(3)23(13)31-25(34)16-10-17(28)21-19-15(9-18(29)22(20(16)19)27(31)36)24(33)30(26(21)35)14(5-2)11-32/h6-10,14,32H,4-5,11H2,1-3H3. The van der Waals surface area contributed by atoms with Gasteiger partial charge in [0.15, 0.2) is 0 Å². The second-order valence-corrected chi connectivity index (χ2v) is 10.6. The van der Waals surface area contributed by atoms with Gasteiger partial charge in [0.1, 0.15) is 0 Å². The van der Waals surface area contributed by atoms with Crippen LogP contribution >= 0.6 is 31.9 Å². The molecule has 2 aliphatic heterocycles. The van der Waals surface area contributed by atoms with Gasteiger partial charge in [0, 0.05) is 25.3 Å². The van der Waals surface area contributed by atoms with Gasteiger partial charge in [-0.3, -0.25) is 24.1 Å². The van der Waals surface area contributed by atoms with Crippen molar-refractivity contribution < 1.29 is 24.3 Å². The van der Waals surface area contributed by atoms with Gasteiger partial charge < -0.3 is 5.11 Å². The van der Waals surface area contributed by atoms with E-state index in [1.165, 1.54) is 11.0 Å². The zero-order valence-electron chi connectivity index (χ0n) is 19.8. The number of halogens is 2. The summed E-state index contributed by atoms with van der Waals surface area (Å²) in [6.45, 7) is 5.22. The predicted octanol–water partition coefficient (Wildman–Crippen LogP) is 5.40. The SMILES string of the molecule is CCc1cccc(C)c1N1C(=O)c2cc(Br)c3c4c(cc(Br)c(c24)C1=O)C(=O)N(C(CC)CO)C3=O. The first-order valence-electron chi connectivity index (χ1n) is 11.6. The van der Waals surface area contributed by atoms with E-state index >= 15 is 0 Å². The first kappa shape index (κ1) is 24.8. The van der Waals surface area contributed by atoms with Crippen molar-refractivity contribution in [3.63, 3.8) is 0 Å². The van der Waals surface area contributed by atoms with Gasteiger partial charge in [-0.05, 0) is 74.9 Å². The number of nitrogens with zero attached hydrogens (tertiary/aromatic N) is 2. The number of amides is 4. The maximum absolute atomic E-state index is 13.9. The number of hydrogen-bond donors (Lipinski definition) is 1. The molecule has 3 aromatic carbocycles. The fraction of sp³-hybridized carbons (Fsp3) is 0.259. The molecule has 3 aromatic rings. The van der Waals surface area contributed by atoms with E-state index in [1.54, 1.807) is 13.0 Å². The molecule has 0 aromatic heterocycles. The van der Waals surface area contributed by atoms with Gasteiger partial charge in [0.05, 0.1) is 35.0 Å². The van der Waals surface area contributed by atoms with Gasteiger partial charge in [-0.15, -0.1) is 0 Å². The van der Waals surface area contributed by atoms with Crippen LogP contribution in [0.3, 0.4) is 0 Å². The van der Waals surface area contributed by atoms with Crippen LogP contribution in [-0.2, 0) is 6.42 Å². The van der Waals surface area contributed by atoms with Crippen LogP contribution in [0.15, 0.2) is 39.3 Å². The van der Waals surface area contributed by atoms with Gasteiger partial charge in [-0.1, -0.05) is 32.0 Å². The molecule has 1 atom stereocenters. The van der Waals surface area contributed by atoms with Crippen molar-refractivity contribution in [1.29, 1.82) is 0 Å². The fourth-order valence-corrected chi connectivity index (χ4v) is 6.44. The minimum atomic E-state index is -0.696. The summed E-state index contributed by atoms with van der Waals surface area (Å²) >= 11 is 6.94. The lowest BCUT2D eigenvalue weighted by Crippen LogP contribution is -2.49. The van der Waals surface area contributed by atoms with Gasteiger partial charge in [-0.25, -0.2) is 4.90 Å². The predicted molar refractivity (Wildman–Crippen MR) is 143 cm³/mol.